The van der Waals surface area contributed by atoms with Gasteiger partial charge in [0.1, 0.15) is 29.5 Å². The molecule has 0 saturated carbocycles. The Morgan fingerprint density at radius 1 is 1.29 bits per heavy atom. The first-order chi connectivity index (χ1) is 13.2. The smallest absolute Gasteiger partial charge is 0.391 e. The van der Waals surface area contributed by atoms with Crippen LogP contribution in [0, 0.1) is 0 Å². The topological polar surface area (TPSA) is 90.3 Å². The lowest BCUT2D eigenvalue weighted by Gasteiger charge is -2.27. The Morgan fingerprint density at radius 2 is 2.07 bits per heavy atom. The highest BCUT2D eigenvalue weighted by Gasteiger charge is 2.33. The number of hydrogen-bond donors (Lipinski definition) is 2. The van der Waals surface area contributed by atoms with Crippen LogP contribution in [0.3, 0.4) is 0 Å². The minimum absolute atomic E-state index is 0.00980. The maximum atomic E-state index is 12.8. The van der Waals surface area contributed by atoms with Crippen molar-refractivity contribution in [2.45, 2.75) is 31.3 Å². The summed E-state index contributed by atoms with van der Waals surface area (Å²) in [6, 6.07) is 2.64. The van der Waals surface area contributed by atoms with Crippen LogP contribution in [-0.4, -0.2) is 69.3 Å². The van der Waals surface area contributed by atoms with E-state index in [-0.39, 0.29) is 18.4 Å². The van der Waals surface area contributed by atoms with Gasteiger partial charge in [0.2, 0.25) is 0 Å². The molecule has 8 nitrogen and oxygen atoms in total. The highest BCUT2D eigenvalue weighted by Crippen LogP contribution is 2.27. The molecule has 0 bridgehead atoms. The Labute approximate surface area is 160 Å². The number of likely N-dealkylation sites (N-methyl/N-ethyl adjacent to an activating group) is 1. The van der Waals surface area contributed by atoms with Crippen molar-refractivity contribution >= 4 is 11.6 Å². The van der Waals surface area contributed by atoms with Gasteiger partial charge in [-0.3, -0.25) is 0 Å². The van der Waals surface area contributed by atoms with Crippen LogP contribution in [0.4, 0.5) is 24.8 Å². The van der Waals surface area contributed by atoms with Crippen LogP contribution in [0.15, 0.2) is 24.7 Å². The Morgan fingerprint density at radius 3 is 2.79 bits per heavy atom. The van der Waals surface area contributed by atoms with Gasteiger partial charge in [0.15, 0.2) is 0 Å². The molecule has 3 rings (SSSR count). The van der Waals surface area contributed by atoms with Gasteiger partial charge in [-0.15, -0.1) is 0 Å². The van der Waals surface area contributed by atoms with Crippen LogP contribution in [0.2, 0.25) is 0 Å². The average Bonchev–Trinajstić information content (AvgIpc) is 2.99. The lowest BCUT2D eigenvalue weighted by molar-refractivity contribution is -0.141. The second-order valence-electron chi connectivity index (χ2n) is 6.93. The molecule has 0 aromatic carbocycles. The number of nitrogens with zero attached hydrogens (tertiary/aromatic N) is 6. The van der Waals surface area contributed by atoms with E-state index in [1.165, 1.54) is 6.33 Å². The summed E-state index contributed by atoms with van der Waals surface area (Å²) in [7, 11) is 3.93. The van der Waals surface area contributed by atoms with Crippen molar-refractivity contribution < 1.29 is 18.3 Å². The van der Waals surface area contributed by atoms with Crippen LogP contribution in [0.25, 0.3) is 0 Å². The number of β-amino-alcohol motifs (C(OH)–C–C–N with tert-alkyl or cyclic N) is 1. The summed E-state index contributed by atoms with van der Waals surface area (Å²) in [5, 5.41) is 13.0. The number of aliphatic hydroxyl groups is 1. The molecule has 152 valence electrons. The fraction of sp³-hybridized carbons (Fsp3) is 0.529. The summed E-state index contributed by atoms with van der Waals surface area (Å²) in [4.78, 5) is 19.8. The van der Waals surface area contributed by atoms with Crippen molar-refractivity contribution in [2.24, 2.45) is 0 Å². The molecule has 1 saturated heterocycles. The molecule has 1 fully saturated rings. The zero-order valence-electron chi connectivity index (χ0n) is 15.6. The first-order valence-electron chi connectivity index (χ1n) is 8.77. The second-order valence-corrected chi connectivity index (χ2v) is 6.93. The molecule has 0 radical (unpaired) electrons. The van der Waals surface area contributed by atoms with Crippen molar-refractivity contribution in [1.82, 2.24) is 24.8 Å². The molecule has 11 heteroatoms. The Hall–Kier alpha value is -2.53. The Balaban J connectivity index is 1.70. The fourth-order valence-electron chi connectivity index (χ4n) is 3.18. The number of aliphatic hydroxyl groups excluding tert-OH is 1. The minimum atomic E-state index is -4.52. The number of hydrogen-bond acceptors (Lipinski definition) is 8. The van der Waals surface area contributed by atoms with Gasteiger partial charge in [-0.2, -0.15) is 13.2 Å². The number of aromatic nitrogens is 4. The summed E-state index contributed by atoms with van der Waals surface area (Å²) in [5.41, 5.74) is -0.986. The fourth-order valence-corrected chi connectivity index (χ4v) is 3.18. The molecule has 28 heavy (non-hydrogen) atoms. The monoisotopic (exact) mass is 397 g/mol. The zero-order chi connectivity index (χ0) is 20.3. The van der Waals surface area contributed by atoms with E-state index in [1.807, 2.05) is 23.9 Å². The maximum absolute atomic E-state index is 12.8. The molecular formula is C17H22F3N7O. The van der Waals surface area contributed by atoms with Gasteiger partial charge in [-0.05, 0) is 26.6 Å². The molecule has 2 aromatic heterocycles. The number of halogens is 3. The molecule has 0 amide bonds. The predicted molar refractivity (Wildman–Crippen MR) is 96.7 cm³/mol. The first-order valence-corrected chi connectivity index (χ1v) is 8.77. The molecule has 1 aliphatic heterocycles. The quantitative estimate of drug-likeness (QED) is 0.756. The largest absolute Gasteiger partial charge is 0.433 e. The van der Waals surface area contributed by atoms with Gasteiger partial charge in [0, 0.05) is 31.4 Å². The van der Waals surface area contributed by atoms with Crippen molar-refractivity contribution in [3.05, 3.63) is 36.2 Å². The van der Waals surface area contributed by atoms with Crippen molar-refractivity contribution in [3.63, 3.8) is 0 Å². The molecule has 2 N–H and O–H groups in total. The summed E-state index contributed by atoms with van der Waals surface area (Å²) in [5.74, 6) is 1.10. The molecule has 1 aliphatic rings. The number of anilines is 2. The van der Waals surface area contributed by atoms with Crippen LogP contribution in [0.1, 0.15) is 17.9 Å². The van der Waals surface area contributed by atoms with Gasteiger partial charge in [0.25, 0.3) is 0 Å². The van der Waals surface area contributed by atoms with E-state index in [2.05, 4.69) is 25.3 Å². The Kier molecular flexibility index (Phi) is 5.94. The molecular weight excluding hydrogens is 375 g/mol. The third-order valence-corrected chi connectivity index (χ3v) is 4.34. The van der Waals surface area contributed by atoms with E-state index in [0.717, 1.165) is 18.8 Å². The highest BCUT2D eigenvalue weighted by molar-refractivity contribution is 5.50. The Bertz CT molecular complexity index is 802. The summed E-state index contributed by atoms with van der Waals surface area (Å²) < 4.78 is 38.3. The van der Waals surface area contributed by atoms with E-state index >= 15 is 0 Å². The van der Waals surface area contributed by atoms with Gasteiger partial charge in [-0.25, -0.2) is 19.9 Å². The number of nitrogens with one attached hydrogen (secondary N) is 1. The average molecular weight is 397 g/mol. The third kappa shape index (κ3) is 5.04. The summed E-state index contributed by atoms with van der Waals surface area (Å²) >= 11 is 0. The van der Waals surface area contributed by atoms with Crippen molar-refractivity contribution in [2.75, 3.05) is 37.4 Å². The van der Waals surface area contributed by atoms with E-state index < -0.39 is 18.0 Å². The first kappa shape index (κ1) is 20.2. The van der Waals surface area contributed by atoms with Gasteiger partial charge in [0.05, 0.1) is 12.6 Å². The number of rotatable bonds is 6. The van der Waals surface area contributed by atoms with Crippen molar-refractivity contribution in [1.29, 1.82) is 0 Å². The predicted octanol–water partition coefficient (Wildman–Crippen LogP) is 1.40. The molecule has 0 unspecified atom stereocenters. The minimum Gasteiger partial charge on any atom is -0.391 e. The highest BCUT2D eigenvalue weighted by atomic mass is 19.4. The van der Waals surface area contributed by atoms with Crippen molar-refractivity contribution in [3.8, 4) is 0 Å². The normalized spacial score (nSPS) is 20.0. The van der Waals surface area contributed by atoms with Gasteiger partial charge >= 0.3 is 6.18 Å². The lowest BCUT2D eigenvalue weighted by atomic mass is 10.2. The van der Waals surface area contributed by atoms with E-state index in [0.29, 0.717) is 24.6 Å². The molecule has 2 aromatic rings. The molecule has 3 heterocycles. The maximum Gasteiger partial charge on any atom is 0.433 e. The summed E-state index contributed by atoms with van der Waals surface area (Å²) in [6.07, 6.45) is -1.85. The molecule has 0 spiro atoms. The standard InChI is InChI=1S/C17H22F3N7O/c1-26(2)8-11-5-12(28)9-27(11)16-6-14(23-10-24-16)22-7-15-21-4-3-13(25-15)17(18,19)20/h3-4,6,10-12,28H,5,7-9H2,1-2H3,(H,22,23,24)/t11-,12-/m1/s1. The SMILES string of the molecule is CN(C)C[C@H]1C[C@@H](O)CN1c1cc(NCc2nccc(C(F)(F)F)n2)ncn1. The summed E-state index contributed by atoms with van der Waals surface area (Å²) in [6.45, 7) is 1.22. The molecule has 2 atom stereocenters. The second kappa shape index (κ2) is 8.23. The van der Waals surface area contributed by atoms with E-state index in [1.54, 1.807) is 6.07 Å². The van der Waals surface area contributed by atoms with Crippen LogP contribution in [0.5, 0.6) is 0 Å². The van der Waals surface area contributed by atoms with E-state index in [9.17, 15) is 18.3 Å². The third-order valence-electron chi connectivity index (χ3n) is 4.34. The molecule has 0 aliphatic carbocycles. The lowest BCUT2D eigenvalue weighted by Crippen LogP contribution is -2.38. The van der Waals surface area contributed by atoms with E-state index in [4.69, 9.17) is 0 Å². The van der Waals surface area contributed by atoms with Gasteiger partial charge < -0.3 is 20.2 Å². The zero-order valence-corrected chi connectivity index (χ0v) is 15.6. The van der Waals surface area contributed by atoms with Gasteiger partial charge in [-0.1, -0.05) is 0 Å². The van der Waals surface area contributed by atoms with Crippen LogP contribution < -0.4 is 10.2 Å². The van der Waals surface area contributed by atoms with Crippen LogP contribution >= 0.6 is 0 Å². The number of alkyl halides is 3. The van der Waals surface area contributed by atoms with Crippen LogP contribution in [-0.2, 0) is 12.7 Å².